The van der Waals surface area contributed by atoms with Gasteiger partial charge in [-0.05, 0) is 42.5 Å². The Balaban J connectivity index is 2.03. The van der Waals surface area contributed by atoms with Gasteiger partial charge in [0.05, 0.1) is 24.9 Å². The van der Waals surface area contributed by atoms with E-state index >= 15 is 0 Å². The van der Waals surface area contributed by atoms with Gasteiger partial charge in [0, 0.05) is 11.4 Å². The number of carbonyl (C=O) groups excluding carboxylic acids is 1. The van der Waals surface area contributed by atoms with E-state index in [-0.39, 0.29) is 19.0 Å². The first-order chi connectivity index (χ1) is 11.3. The fourth-order valence-electron chi connectivity index (χ4n) is 2.40. The topological polar surface area (TPSA) is 66.5 Å². The molecule has 0 aliphatic heterocycles. The number of nitrogens with one attached hydrogen (secondary N) is 1. The molecular weight excluding hydrogens is 344 g/mol. The number of anilines is 1. The van der Waals surface area contributed by atoms with Crippen molar-refractivity contribution in [3.8, 4) is 0 Å². The summed E-state index contributed by atoms with van der Waals surface area (Å²) in [7, 11) is -3.42. The Hall–Kier alpha value is -1.86. The molecule has 0 aliphatic rings. The third kappa shape index (κ3) is 4.82. The molecule has 0 aliphatic carbocycles. The van der Waals surface area contributed by atoms with Crippen LogP contribution in [0.3, 0.4) is 0 Å². The molecule has 7 heteroatoms. The predicted octanol–water partition coefficient (Wildman–Crippen LogP) is 2.49. The zero-order chi connectivity index (χ0) is 17.7. The van der Waals surface area contributed by atoms with Crippen LogP contribution in [0.2, 0.25) is 0 Å². The molecule has 2 rings (SSSR count). The second-order valence-corrected chi connectivity index (χ2v) is 8.60. The summed E-state index contributed by atoms with van der Waals surface area (Å²) in [5.74, 6) is -0.105. The maximum absolute atomic E-state index is 12.1. The maximum atomic E-state index is 12.1. The van der Waals surface area contributed by atoms with Gasteiger partial charge in [0.2, 0.25) is 15.9 Å². The highest BCUT2D eigenvalue weighted by atomic mass is 32.2. The van der Waals surface area contributed by atoms with Gasteiger partial charge in [0.15, 0.2) is 0 Å². The number of thiophene rings is 1. The zero-order valence-corrected chi connectivity index (χ0v) is 15.7. The van der Waals surface area contributed by atoms with E-state index in [4.69, 9.17) is 0 Å². The summed E-state index contributed by atoms with van der Waals surface area (Å²) >= 11 is 1.53. The number of rotatable bonds is 7. The van der Waals surface area contributed by atoms with Crippen LogP contribution in [0, 0.1) is 13.8 Å². The van der Waals surface area contributed by atoms with Gasteiger partial charge >= 0.3 is 0 Å². The number of benzene rings is 1. The molecule has 5 nitrogen and oxygen atoms in total. The van der Waals surface area contributed by atoms with Gasteiger partial charge < -0.3 is 5.32 Å². The normalized spacial score (nSPS) is 11.3. The summed E-state index contributed by atoms with van der Waals surface area (Å²) in [5, 5.41) is 4.71. The largest absolute Gasteiger partial charge is 0.354 e. The molecule has 0 saturated carbocycles. The fraction of sp³-hybridized carbons (Fsp3) is 0.353. The van der Waals surface area contributed by atoms with Crippen molar-refractivity contribution in [1.82, 2.24) is 5.32 Å². The van der Waals surface area contributed by atoms with Crippen LogP contribution >= 0.6 is 11.3 Å². The van der Waals surface area contributed by atoms with Crippen LogP contribution in [0.25, 0.3) is 0 Å². The zero-order valence-electron chi connectivity index (χ0n) is 14.1. The van der Waals surface area contributed by atoms with Crippen LogP contribution in [-0.2, 0) is 21.2 Å². The number of nitrogens with zero attached hydrogens (tertiary/aromatic N) is 1. The highest BCUT2D eigenvalue weighted by Crippen LogP contribution is 2.24. The molecule has 0 fully saturated rings. The van der Waals surface area contributed by atoms with Gasteiger partial charge in [-0.25, -0.2) is 8.42 Å². The van der Waals surface area contributed by atoms with E-state index in [1.54, 1.807) is 6.07 Å². The molecule has 2 aromatic rings. The molecule has 0 atom stereocenters. The lowest BCUT2D eigenvalue weighted by Crippen LogP contribution is -2.39. The smallest absolute Gasteiger partial charge is 0.232 e. The fourth-order valence-corrected chi connectivity index (χ4v) is 4.08. The second-order valence-electron chi connectivity index (χ2n) is 5.66. The third-order valence-corrected chi connectivity index (χ3v) is 5.85. The van der Waals surface area contributed by atoms with Crippen LogP contribution < -0.4 is 9.62 Å². The van der Waals surface area contributed by atoms with Gasteiger partial charge in [-0.1, -0.05) is 18.2 Å². The number of hydrogen-bond donors (Lipinski definition) is 1. The first-order valence-electron chi connectivity index (χ1n) is 7.62. The Labute approximate surface area is 147 Å². The summed E-state index contributed by atoms with van der Waals surface area (Å²) in [6.07, 6.45) is 1.50. The molecule has 0 bridgehead atoms. The third-order valence-electron chi connectivity index (χ3n) is 3.80. The molecule has 1 aromatic heterocycles. The van der Waals surface area contributed by atoms with Crippen molar-refractivity contribution in [2.75, 3.05) is 23.7 Å². The molecule has 1 heterocycles. The van der Waals surface area contributed by atoms with Crippen LogP contribution in [0.15, 0.2) is 35.7 Å². The lowest BCUT2D eigenvalue weighted by atomic mass is 10.1. The summed E-state index contributed by atoms with van der Waals surface area (Å²) in [6, 6.07) is 9.38. The van der Waals surface area contributed by atoms with Gasteiger partial charge in [-0.2, -0.15) is 0 Å². The first-order valence-corrected chi connectivity index (χ1v) is 10.3. The molecule has 24 heavy (non-hydrogen) atoms. The summed E-state index contributed by atoms with van der Waals surface area (Å²) < 4.78 is 25.6. The second kappa shape index (κ2) is 7.81. The van der Waals surface area contributed by atoms with Crippen molar-refractivity contribution in [2.24, 2.45) is 0 Å². The molecule has 0 saturated heterocycles. The maximum Gasteiger partial charge on any atom is 0.232 e. The average molecular weight is 367 g/mol. The minimum atomic E-state index is -3.42. The summed E-state index contributed by atoms with van der Waals surface area (Å²) in [5.41, 5.74) is 2.61. The predicted molar refractivity (Wildman–Crippen MR) is 99.1 cm³/mol. The number of hydrogen-bond acceptors (Lipinski definition) is 4. The minimum Gasteiger partial charge on any atom is -0.354 e. The highest BCUT2D eigenvalue weighted by molar-refractivity contribution is 7.92. The number of sulfonamides is 1. The number of carbonyl (C=O) groups is 1. The van der Waals surface area contributed by atoms with Crippen molar-refractivity contribution >= 4 is 33.0 Å². The lowest BCUT2D eigenvalue weighted by molar-refractivity contribution is -0.120. The van der Waals surface area contributed by atoms with Crippen molar-refractivity contribution in [1.29, 1.82) is 0 Å². The monoisotopic (exact) mass is 366 g/mol. The van der Waals surface area contributed by atoms with Crippen molar-refractivity contribution < 1.29 is 13.2 Å². The van der Waals surface area contributed by atoms with Gasteiger partial charge in [-0.3, -0.25) is 9.10 Å². The Bertz CT molecular complexity index is 799. The molecule has 130 valence electrons. The Kier molecular flexibility index (Phi) is 6.01. The summed E-state index contributed by atoms with van der Waals surface area (Å²) in [6.45, 7) is 4.32. The Morgan fingerprint density at radius 3 is 2.58 bits per heavy atom. The molecule has 0 radical (unpaired) electrons. The highest BCUT2D eigenvalue weighted by Gasteiger charge is 2.19. The van der Waals surface area contributed by atoms with Gasteiger partial charge in [-0.15, -0.1) is 11.3 Å². The van der Waals surface area contributed by atoms with Crippen LogP contribution in [0.1, 0.15) is 16.0 Å². The molecule has 1 N–H and O–H groups in total. The minimum absolute atomic E-state index is 0.105. The number of amides is 1. The molecule has 1 amide bonds. The van der Waals surface area contributed by atoms with Crippen LogP contribution in [-0.4, -0.2) is 33.7 Å². The van der Waals surface area contributed by atoms with E-state index in [1.807, 2.05) is 43.5 Å². The SMILES string of the molecule is Cc1cccc(N(CCNC(=O)Cc2cccs2)S(C)(=O)=O)c1C. The van der Waals surface area contributed by atoms with Crippen LogP contribution in [0.5, 0.6) is 0 Å². The lowest BCUT2D eigenvalue weighted by Gasteiger charge is -2.25. The molecule has 1 aromatic carbocycles. The summed E-state index contributed by atoms with van der Waals surface area (Å²) in [4.78, 5) is 12.9. The standard InChI is InChI=1S/C17H22N2O3S2/c1-13-6-4-8-16(14(13)2)19(24(3,21)22)10-9-18-17(20)12-15-7-5-11-23-15/h4-8,11H,9-10,12H2,1-3H3,(H,18,20). The van der Waals surface area contributed by atoms with E-state index in [1.165, 1.54) is 21.9 Å². The van der Waals surface area contributed by atoms with E-state index in [9.17, 15) is 13.2 Å². The average Bonchev–Trinajstić information content (AvgIpc) is 2.99. The van der Waals surface area contributed by atoms with Crippen molar-refractivity contribution in [3.63, 3.8) is 0 Å². The first kappa shape index (κ1) is 18.5. The number of aryl methyl sites for hydroxylation is 1. The molecule has 0 unspecified atom stereocenters. The van der Waals surface area contributed by atoms with E-state index in [0.29, 0.717) is 12.1 Å². The van der Waals surface area contributed by atoms with Crippen molar-refractivity contribution in [3.05, 3.63) is 51.7 Å². The van der Waals surface area contributed by atoms with Crippen LogP contribution in [0.4, 0.5) is 5.69 Å². The van der Waals surface area contributed by atoms with E-state index in [2.05, 4.69) is 5.32 Å². The Morgan fingerprint density at radius 2 is 1.96 bits per heavy atom. The van der Waals surface area contributed by atoms with Crippen molar-refractivity contribution in [2.45, 2.75) is 20.3 Å². The molecular formula is C17H22N2O3S2. The molecule has 0 spiro atoms. The van der Waals surface area contributed by atoms with Gasteiger partial charge in [0.1, 0.15) is 0 Å². The van der Waals surface area contributed by atoms with E-state index < -0.39 is 10.0 Å². The quantitative estimate of drug-likeness (QED) is 0.819. The Morgan fingerprint density at radius 1 is 1.21 bits per heavy atom. The van der Waals surface area contributed by atoms with E-state index in [0.717, 1.165) is 16.0 Å². The van der Waals surface area contributed by atoms with Gasteiger partial charge in [0.25, 0.3) is 0 Å².